The summed E-state index contributed by atoms with van der Waals surface area (Å²) in [6.45, 7) is 2.24. The van der Waals surface area contributed by atoms with Crippen LogP contribution in [0.4, 0.5) is 18.9 Å². The SMILES string of the molecule is CC1(CN=C(N)Nc2ccccc2OC(F)(F)F)CCCCC1O.I. The van der Waals surface area contributed by atoms with Gasteiger partial charge in [-0.25, -0.2) is 0 Å². The van der Waals surface area contributed by atoms with Gasteiger partial charge < -0.3 is 20.9 Å². The number of rotatable bonds is 4. The van der Waals surface area contributed by atoms with Gasteiger partial charge in [-0.05, 0) is 25.0 Å². The molecule has 9 heteroatoms. The highest BCUT2D eigenvalue weighted by atomic mass is 127. The van der Waals surface area contributed by atoms with Gasteiger partial charge in [-0.15, -0.1) is 37.1 Å². The monoisotopic (exact) mass is 473 g/mol. The van der Waals surface area contributed by atoms with Gasteiger partial charge in [-0.1, -0.05) is 31.9 Å². The lowest BCUT2D eigenvalue weighted by molar-refractivity contribution is -0.274. The summed E-state index contributed by atoms with van der Waals surface area (Å²) in [5.74, 6) is -0.403. The molecular formula is C16H23F3IN3O2. The zero-order valence-electron chi connectivity index (χ0n) is 13.8. The third-order valence-electron chi connectivity index (χ3n) is 4.27. The predicted octanol–water partition coefficient (Wildman–Crippen LogP) is 3.87. The van der Waals surface area contributed by atoms with Crippen molar-refractivity contribution < 1.29 is 23.0 Å². The maximum atomic E-state index is 12.4. The summed E-state index contributed by atoms with van der Waals surface area (Å²) in [5, 5.41) is 12.8. The number of aliphatic hydroxyl groups is 1. The van der Waals surface area contributed by atoms with Crippen molar-refractivity contribution in [3.05, 3.63) is 24.3 Å². The molecule has 4 N–H and O–H groups in total. The van der Waals surface area contributed by atoms with Gasteiger partial charge in [-0.3, -0.25) is 4.99 Å². The summed E-state index contributed by atoms with van der Waals surface area (Å²) in [5.41, 5.74) is 5.49. The van der Waals surface area contributed by atoms with Gasteiger partial charge in [-0.2, -0.15) is 0 Å². The lowest BCUT2D eigenvalue weighted by atomic mass is 9.73. The molecule has 1 aliphatic carbocycles. The van der Waals surface area contributed by atoms with Crippen molar-refractivity contribution in [2.24, 2.45) is 16.1 Å². The van der Waals surface area contributed by atoms with E-state index in [0.29, 0.717) is 6.54 Å². The van der Waals surface area contributed by atoms with Gasteiger partial charge >= 0.3 is 6.36 Å². The van der Waals surface area contributed by atoms with Crippen molar-refractivity contribution >= 4 is 35.6 Å². The summed E-state index contributed by atoms with van der Waals surface area (Å²) in [7, 11) is 0. The van der Waals surface area contributed by atoms with Crippen LogP contribution in [0.5, 0.6) is 5.75 Å². The number of alkyl halides is 3. The number of para-hydroxylation sites is 2. The van der Waals surface area contributed by atoms with Gasteiger partial charge in [0.1, 0.15) is 0 Å². The Kier molecular flexibility index (Phi) is 7.79. The number of aliphatic hydroxyl groups excluding tert-OH is 1. The molecule has 0 radical (unpaired) electrons. The molecule has 1 saturated carbocycles. The largest absolute Gasteiger partial charge is 0.573 e. The Morgan fingerprint density at radius 3 is 2.72 bits per heavy atom. The van der Waals surface area contributed by atoms with Crippen LogP contribution in [0, 0.1) is 5.41 Å². The molecule has 0 spiro atoms. The fraction of sp³-hybridized carbons (Fsp3) is 0.562. The van der Waals surface area contributed by atoms with E-state index < -0.39 is 12.5 Å². The number of ether oxygens (including phenoxy) is 1. The topological polar surface area (TPSA) is 79.9 Å². The van der Waals surface area contributed by atoms with Gasteiger partial charge in [0.05, 0.1) is 18.3 Å². The minimum atomic E-state index is -4.79. The van der Waals surface area contributed by atoms with Gasteiger partial charge in [0.25, 0.3) is 0 Å². The average Bonchev–Trinajstić information content (AvgIpc) is 2.49. The van der Waals surface area contributed by atoms with Crippen LogP contribution in [0.25, 0.3) is 0 Å². The molecule has 2 rings (SSSR count). The van der Waals surface area contributed by atoms with E-state index in [-0.39, 0.29) is 46.8 Å². The second-order valence-corrected chi connectivity index (χ2v) is 6.29. The lowest BCUT2D eigenvalue weighted by Crippen LogP contribution is -2.39. The molecule has 25 heavy (non-hydrogen) atoms. The Bertz CT molecular complexity index is 598. The van der Waals surface area contributed by atoms with Crippen LogP contribution < -0.4 is 15.8 Å². The zero-order valence-corrected chi connectivity index (χ0v) is 16.2. The van der Waals surface area contributed by atoms with Crippen molar-refractivity contribution in [1.82, 2.24) is 0 Å². The van der Waals surface area contributed by atoms with Crippen LogP contribution in [0.15, 0.2) is 29.3 Å². The number of halogens is 4. The number of hydrogen-bond acceptors (Lipinski definition) is 3. The zero-order chi connectivity index (χ0) is 17.8. The summed E-state index contributed by atoms with van der Waals surface area (Å²) >= 11 is 0. The lowest BCUT2D eigenvalue weighted by Gasteiger charge is -2.37. The van der Waals surface area contributed by atoms with Crippen LogP contribution >= 0.6 is 24.0 Å². The number of anilines is 1. The van der Waals surface area contributed by atoms with E-state index in [1.165, 1.54) is 18.2 Å². The Balaban J connectivity index is 0.00000312. The van der Waals surface area contributed by atoms with Gasteiger partial charge in [0.2, 0.25) is 0 Å². The number of hydrogen-bond donors (Lipinski definition) is 3. The number of guanidine groups is 1. The highest BCUT2D eigenvalue weighted by molar-refractivity contribution is 14.0. The molecule has 2 atom stereocenters. The van der Waals surface area contributed by atoms with Crippen molar-refractivity contribution in [2.45, 2.75) is 45.1 Å². The highest BCUT2D eigenvalue weighted by Gasteiger charge is 2.35. The van der Waals surface area contributed by atoms with E-state index in [4.69, 9.17) is 5.73 Å². The molecule has 1 aliphatic rings. The van der Waals surface area contributed by atoms with Crippen LogP contribution in [0.2, 0.25) is 0 Å². The van der Waals surface area contributed by atoms with E-state index in [9.17, 15) is 18.3 Å². The van der Waals surface area contributed by atoms with Crippen LogP contribution in [0.3, 0.4) is 0 Å². The summed E-state index contributed by atoms with van der Waals surface area (Å²) in [6.07, 6.45) is -1.69. The number of nitrogens with zero attached hydrogens (tertiary/aromatic N) is 1. The van der Waals surface area contributed by atoms with E-state index in [0.717, 1.165) is 25.7 Å². The van der Waals surface area contributed by atoms with Gasteiger partial charge in [0, 0.05) is 5.41 Å². The smallest absolute Gasteiger partial charge is 0.404 e. The fourth-order valence-electron chi connectivity index (χ4n) is 2.79. The van der Waals surface area contributed by atoms with E-state index in [1.807, 2.05) is 6.92 Å². The first-order valence-electron chi connectivity index (χ1n) is 7.79. The molecule has 0 heterocycles. The molecule has 0 aliphatic heterocycles. The summed E-state index contributed by atoms with van der Waals surface area (Å²) in [6, 6.07) is 5.60. The second-order valence-electron chi connectivity index (χ2n) is 6.29. The third-order valence-corrected chi connectivity index (χ3v) is 4.27. The molecule has 2 unspecified atom stereocenters. The number of aliphatic imine (C=N–C) groups is 1. The quantitative estimate of drug-likeness (QED) is 0.353. The minimum absolute atomic E-state index is 0. The Morgan fingerprint density at radius 2 is 2.08 bits per heavy atom. The molecule has 0 aromatic heterocycles. The Labute approximate surface area is 161 Å². The summed E-state index contributed by atoms with van der Waals surface area (Å²) < 4.78 is 41.2. The maximum absolute atomic E-state index is 12.4. The Hall–Kier alpha value is -1.23. The second kappa shape index (κ2) is 8.93. The predicted molar refractivity (Wildman–Crippen MR) is 101 cm³/mol. The Morgan fingerprint density at radius 1 is 1.40 bits per heavy atom. The first-order valence-corrected chi connectivity index (χ1v) is 7.79. The molecule has 0 bridgehead atoms. The molecule has 0 amide bonds. The molecule has 142 valence electrons. The molecule has 1 aromatic carbocycles. The van der Waals surface area contributed by atoms with E-state index in [1.54, 1.807) is 6.07 Å². The number of benzene rings is 1. The normalized spacial score (nSPS) is 24.4. The minimum Gasteiger partial charge on any atom is -0.404 e. The standard InChI is InChI=1S/C16H22F3N3O2.HI/c1-15(9-5-4-8-13(15)23)10-21-14(20)22-11-6-2-3-7-12(11)24-16(17,18)19;/h2-3,6-7,13,23H,4-5,8-10H2,1H3,(H3,20,21,22);1H. The van der Waals surface area contributed by atoms with E-state index >= 15 is 0 Å². The van der Waals surface area contributed by atoms with Crippen LogP contribution in [-0.4, -0.2) is 30.1 Å². The number of nitrogens with two attached hydrogens (primary N) is 1. The fourth-order valence-corrected chi connectivity index (χ4v) is 2.79. The molecular weight excluding hydrogens is 450 g/mol. The number of nitrogens with one attached hydrogen (secondary N) is 1. The van der Waals surface area contributed by atoms with Crippen LogP contribution in [0.1, 0.15) is 32.6 Å². The van der Waals surface area contributed by atoms with Crippen molar-refractivity contribution in [2.75, 3.05) is 11.9 Å². The first-order chi connectivity index (χ1) is 11.2. The van der Waals surface area contributed by atoms with Crippen LogP contribution in [-0.2, 0) is 0 Å². The molecule has 0 saturated heterocycles. The van der Waals surface area contributed by atoms with E-state index in [2.05, 4.69) is 15.0 Å². The summed E-state index contributed by atoms with van der Waals surface area (Å²) in [4.78, 5) is 4.19. The molecule has 5 nitrogen and oxygen atoms in total. The molecule has 1 fully saturated rings. The maximum Gasteiger partial charge on any atom is 0.573 e. The van der Waals surface area contributed by atoms with Crippen molar-refractivity contribution in [3.63, 3.8) is 0 Å². The average molecular weight is 473 g/mol. The highest BCUT2D eigenvalue weighted by Crippen LogP contribution is 2.36. The first kappa shape index (κ1) is 21.8. The van der Waals surface area contributed by atoms with Crippen molar-refractivity contribution in [1.29, 1.82) is 0 Å². The third kappa shape index (κ3) is 6.53. The van der Waals surface area contributed by atoms with Crippen molar-refractivity contribution in [3.8, 4) is 5.75 Å². The van der Waals surface area contributed by atoms with Gasteiger partial charge in [0.15, 0.2) is 11.7 Å². The molecule has 1 aromatic rings.